The third-order valence-electron chi connectivity index (χ3n) is 5.57. The average Bonchev–Trinajstić information content (AvgIpc) is 2.85. The molecule has 4 rings (SSSR count). The molecule has 2 amide bonds. The second-order valence-electron chi connectivity index (χ2n) is 7.61. The molecule has 1 saturated heterocycles. The number of carbonyl (C=O) groups excluding carboxylic acids is 2. The highest BCUT2D eigenvalue weighted by atomic mass is 16.6. The highest BCUT2D eigenvalue weighted by molar-refractivity contribution is 5.87. The molecule has 31 heavy (non-hydrogen) atoms. The zero-order valence-electron chi connectivity index (χ0n) is 17.4. The van der Waals surface area contributed by atoms with Crippen LogP contribution >= 0.6 is 0 Å². The lowest BCUT2D eigenvalue weighted by Crippen LogP contribution is -2.51. The highest BCUT2D eigenvalue weighted by Crippen LogP contribution is 2.27. The second-order valence-corrected chi connectivity index (χ2v) is 7.61. The van der Waals surface area contributed by atoms with Crippen LogP contribution in [0.1, 0.15) is 22.6 Å². The number of hydrogen-bond donors (Lipinski definition) is 0. The number of benzene rings is 3. The predicted molar refractivity (Wildman–Crippen MR) is 120 cm³/mol. The first-order valence-corrected chi connectivity index (χ1v) is 10.6. The van der Waals surface area contributed by atoms with Gasteiger partial charge < -0.3 is 14.5 Å². The summed E-state index contributed by atoms with van der Waals surface area (Å²) in [5, 5.41) is 0. The molecule has 0 saturated carbocycles. The molecule has 3 aromatic rings. The van der Waals surface area contributed by atoms with Crippen molar-refractivity contribution in [3.8, 4) is 0 Å². The largest absolute Gasteiger partial charge is 0.445 e. The smallest absolute Gasteiger partial charge is 0.410 e. The zero-order valence-corrected chi connectivity index (χ0v) is 17.4. The maximum atomic E-state index is 13.5. The van der Waals surface area contributed by atoms with Gasteiger partial charge in [0.05, 0.1) is 5.92 Å². The normalized spacial score (nSPS) is 13.8. The number of piperazine rings is 1. The van der Waals surface area contributed by atoms with Crippen LogP contribution in [0.3, 0.4) is 0 Å². The Morgan fingerprint density at radius 2 is 1.13 bits per heavy atom. The van der Waals surface area contributed by atoms with Crippen LogP contribution < -0.4 is 0 Å². The third-order valence-corrected chi connectivity index (χ3v) is 5.57. The van der Waals surface area contributed by atoms with Gasteiger partial charge in [-0.1, -0.05) is 91.0 Å². The van der Waals surface area contributed by atoms with Crippen LogP contribution in [0.25, 0.3) is 0 Å². The maximum Gasteiger partial charge on any atom is 0.410 e. The minimum atomic E-state index is -0.348. The Morgan fingerprint density at radius 3 is 1.65 bits per heavy atom. The summed E-state index contributed by atoms with van der Waals surface area (Å²) in [5.74, 6) is -0.284. The topological polar surface area (TPSA) is 49.9 Å². The monoisotopic (exact) mass is 414 g/mol. The van der Waals surface area contributed by atoms with Crippen molar-refractivity contribution >= 4 is 12.0 Å². The minimum Gasteiger partial charge on any atom is -0.445 e. The summed E-state index contributed by atoms with van der Waals surface area (Å²) in [6, 6.07) is 29.3. The van der Waals surface area contributed by atoms with Crippen molar-refractivity contribution < 1.29 is 14.3 Å². The molecule has 1 aliphatic rings. The molecular formula is C26H26N2O3. The first-order chi connectivity index (χ1) is 15.2. The van der Waals surface area contributed by atoms with Gasteiger partial charge in [-0.3, -0.25) is 4.79 Å². The molecule has 3 aromatic carbocycles. The maximum absolute atomic E-state index is 13.5. The molecule has 0 aliphatic carbocycles. The summed E-state index contributed by atoms with van der Waals surface area (Å²) in [5.41, 5.74) is 2.91. The van der Waals surface area contributed by atoms with Crippen molar-refractivity contribution in [1.29, 1.82) is 0 Å². The van der Waals surface area contributed by atoms with E-state index in [2.05, 4.69) is 0 Å². The Morgan fingerprint density at radius 1 is 0.677 bits per heavy atom. The standard InChI is InChI=1S/C26H26N2O3/c29-25(24(22-12-6-2-7-13-22)23-14-8-3-9-15-23)27-16-18-28(19-17-27)26(30)31-20-21-10-4-1-5-11-21/h1-15,24H,16-20H2. The number of rotatable bonds is 5. The molecule has 1 aliphatic heterocycles. The first kappa shape index (κ1) is 20.7. The second kappa shape index (κ2) is 9.94. The van der Waals surface area contributed by atoms with Gasteiger partial charge in [0.1, 0.15) is 6.61 Å². The van der Waals surface area contributed by atoms with E-state index in [-0.39, 0.29) is 24.5 Å². The van der Waals surface area contributed by atoms with Gasteiger partial charge >= 0.3 is 6.09 Å². The van der Waals surface area contributed by atoms with Crippen molar-refractivity contribution in [3.05, 3.63) is 108 Å². The quantitative estimate of drug-likeness (QED) is 0.626. The van der Waals surface area contributed by atoms with Gasteiger partial charge in [0.25, 0.3) is 0 Å². The van der Waals surface area contributed by atoms with Crippen molar-refractivity contribution in [2.45, 2.75) is 12.5 Å². The molecule has 1 heterocycles. The van der Waals surface area contributed by atoms with Crippen LogP contribution in [0.5, 0.6) is 0 Å². The molecule has 0 aromatic heterocycles. The van der Waals surface area contributed by atoms with Gasteiger partial charge in [-0.25, -0.2) is 4.79 Å². The van der Waals surface area contributed by atoms with Crippen molar-refractivity contribution in [1.82, 2.24) is 9.80 Å². The lowest BCUT2D eigenvalue weighted by molar-refractivity contribution is -0.133. The van der Waals surface area contributed by atoms with E-state index in [1.807, 2.05) is 95.9 Å². The number of carbonyl (C=O) groups is 2. The van der Waals surface area contributed by atoms with Gasteiger partial charge in [0.15, 0.2) is 0 Å². The minimum absolute atomic E-state index is 0.0645. The molecule has 0 spiro atoms. The Balaban J connectivity index is 1.39. The predicted octanol–water partition coefficient (Wildman–Crippen LogP) is 4.30. The summed E-state index contributed by atoms with van der Waals surface area (Å²) < 4.78 is 5.43. The SMILES string of the molecule is O=C(OCc1ccccc1)N1CCN(C(=O)C(c2ccccc2)c2ccccc2)CC1. The molecule has 0 radical (unpaired) electrons. The van der Waals surface area contributed by atoms with E-state index in [1.165, 1.54) is 0 Å². The van der Waals surface area contributed by atoms with E-state index < -0.39 is 0 Å². The Bertz CT molecular complexity index is 945. The van der Waals surface area contributed by atoms with Crippen LogP contribution in [0.2, 0.25) is 0 Å². The summed E-state index contributed by atoms with van der Waals surface area (Å²) in [6.45, 7) is 2.18. The van der Waals surface area contributed by atoms with E-state index in [9.17, 15) is 9.59 Å². The van der Waals surface area contributed by atoms with Crippen molar-refractivity contribution in [2.24, 2.45) is 0 Å². The van der Waals surface area contributed by atoms with Crippen LogP contribution in [0.15, 0.2) is 91.0 Å². The molecule has 158 valence electrons. The van der Waals surface area contributed by atoms with Crippen molar-refractivity contribution in [2.75, 3.05) is 26.2 Å². The fourth-order valence-corrected chi connectivity index (χ4v) is 3.87. The van der Waals surface area contributed by atoms with E-state index >= 15 is 0 Å². The molecule has 0 unspecified atom stereocenters. The number of amides is 2. The van der Waals surface area contributed by atoms with E-state index in [1.54, 1.807) is 4.90 Å². The van der Waals surface area contributed by atoms with Crippen LogP contribution in [-0.4, -0.2) is 48.0 Å². The van der Waals surface area contributed by atoms with Gasteiger partial charge in [-0.15, -0.1) is 0 Å². The van der Waals surface area contributed by atoms with Crippen LogP contribution in [0.4, 0.5) is 4.79 Å². The zero-order chi connectivity index (χ0) is 21.5. The van der Waals surface area contributed by atoms with Crippen LogP contribution in [0, 0.1) is 0 Å². The summed E-state index contributed by atoms with van der Waals surface area (Å²) in [7, 11) is 0. The molecule has 0 atom stereocenters. The molecule has 5 heteroatoms. The van der Waals surface area contributed by atoms with Crippen LogP contribution in [-0.2, 0) is 16.1 Å². The van der Waals surface area contributed by atoms with E-state index in [0.717, 1.165) is 16.7 Å². The molecule has 1 fully saturated rings. The Labute approximate surface area is 182 Å². The Hall–Kier alpha value is -3.60. The van der Waals surface area contributed by atoms with E-state index in [4.69, 9.17) is 4.74 Å². The number of nitrogens with zero attached hydrogens (tertiary/aromatic N) is 2. The first-order valence-electron chi connectivity index (χ1n) is 10.6. The van der Waals surface area contributed by atoms with Gasteiger partial charge in [0, 0.05) is 26.2 Å². The third kappa shape index (κ3) is 5.12. The fraction of sp³-hybridized carbons (Fsp3) is 0.231. The highest BCUT2D eigenvalue weighted by Gasteiger charge is 2.31. The fourth-order valence-electron chi connectivity index (χ4n) is 3.87. The van der Waals surface area contributed by atoms with Gasteiger partial charge in [0.2, 0.25) is 5.91 Å². The number of hydrogen-bond acceptors (Lipinski definition) is 3. The lowest BCUT2D eigenvalue weighted by atomic mass is 9.90. The summed E-state index contributed by atoms with van der Waals surface area (Å²) >= 11 is 0. The summed E-state index contributed by atoms with van der Waals surface area (Å²) in [6.07, 6.45) is -0.335. The summed E-state index contributed by atoms with van der Waals surface area (Å²) in [4.78, 5) is 29.4. The molecule has 0 bridgehead atoms. The van der Waals surface area contributed by atoms with E-state index in [0.29, 0.717) is 26.2 Å². The van der Waals surface area contributed by atoms with Gasteiger partial charge in [-0.05, 0) is 16.7 Å². The number of ether oxygens (including phenoxy) is 1. The molecule has 5 nitrogen and oxygen atoms in total. The van der Waals surface area contributed by atoms with Crippen molar-refractivity contribution in [3.63, 3.8) is 0 Å². The molecule has 0 N–H and O–H groups in total. The Kier molecular flexibility index (Phi) is 6.62. The average molecular weight is 415 g/mol. The van der Waals surface area contributed by atoms with Gasteiger partial charge in [-0.2, -0.15) is 0 Å². The molecular weight excluding hydrogens is 388 g/mol. The lowest BCUT2D eigenvalue weighted by Gasteiger charge is -2.36.